The van der Waals surface area contributed by atoms with E-state index in [0.29, 0.717) is 23.6 Å². The summed E-state index contributed by atoms with van der Waals surface area (Å²) in [6, 6.07) is 22.9. The summed E-state index contributed by atoms with van der Waals surface area (Å²) in [5, 5.41) is 7.00. The SMILES string of the molecule is COc1ccc(Br)cc1CNC(=O)c1nc(Nc2ccccc2)c2ccccc2n1. The fraction of sp³-hybridized carbons (Fsp3) is 0.0870. The number of rotatable bonds is 6. The topological polar surface area (TPSA) is 76.1 Å². The van der Waals surface area contributed by atoms with Crippen LogP contribution < -0.4 is 15.4 Å². The summed E-state index contributed by atoms with van der Waals surface area (Å²) in [7, 11) is 1.60. The Bertz CT molecular complexity index is 1200. The van der Waals surface area contributed by atoms with Crippen molar-refractivity contribution in [1.29, 1.82) is 0 Å². The number of carbonyl (C=O) groups excluding carboxylic acids is 1. The summed E-state index contributed by atoms with van der Waals surface area (Å²) in [4.78, 5) is 21.8. The molecule has 1 heterocycles. The summed E-state index contributed by atoms with van der Waals surface area (Å²) in [5.74, 6) is 1.02. The molecule has 0 atom stereocenters. The Morgan fingerprint density at radius 3 is 2.57 bits per heavy atom. The van der Waals surface area contributed by atoms with Gasteiger partial charge in [0.25, 0.3) is 5.91 Å². The van der Waals surface area contributed by atoms with E-state index in [2.05, 4.69) is 36.5 Å². The van der Waals surface area contributed by atoms with Gasteiger partial charge in [-0.05, 0) is 42.5 Å². The first-order valence-electron chi connectivity index (χ1n) is 9.33. The Labute approximate surface area is 182 Å². The number of ether oxygens (including phenoxy) is 1. The second-order valence-corrected chi connectivity index (χ2v) is 7.46. The second kappa shape index (κ2) is 8.92. The largest absolute Gasteiger partial charge is 0.496 e. The van der Waals surface area contributed by atoms with Crippen molar-refractivity contribution in [3.05, 3.63) is 88.7 Å². The normalized spacial score (nSPS) is 10.6. The van der Waals surface area contributed by atoms with Crippen LogP contribution in [0.15, 0.2) is 77.3 Å². The molecule has 4 rings (SSSR count). The number of carbonyl (C=O) groups is 1. The molecule has 0 fully saturated rings. The van der Waals surface area contributed by atoms with E-state index in [1.165, 1.54) is 0 Å². The van der Waals surface area contributed by atoms with E-state index in [9.17, 15) is 4.79 Å². The van der Waals surface area contributed by atoms with Crippen LogP contribution in [-0.2, 0) is 6.54 Å². The van der Waals surface area contributed by atoms with Crippen LogP contribution in [-0.4, -0.2) is 23.0 Å². The van der Waals surface area contributed by atoms with Gasteiger partial charge in [-0.2, -0.15) is 0 Å². The number of nitrogens with one attached hydrogen (secondary N) is 2. The maximum absolute atomic E-state index is 12.8. The summed E-state index contributed by atoms with van der Waals surface area (Å²) in [5.41, 5.74) is 2.42. The number of benzene rings is 3. The number of methoxy groups -OCH3 is 1. The van der Waals surface area contributed by atoms with Crippen LogP contribution in [0.4, 0.5) is 11.5 Å². The molecule has 0 aliphatic rings. The lowest BCUT2D eigenvalue weighted by Crippen LogP contribution is -2.25. The lowest BCUT2D eigenvalue weighted by Gasteiger charge is -2.12. The highest BCUT2D eigenvalue weighted by Gasteiger charge is 2.15. The quantitative estimate of drug-likeness (QED) is 0.418. The molecule has 3 aromatic carbocycles. The van der Waals surface area contributed by atoms with Crippen molar-refractivity contribution in [3.63, 3.8) is 0 Å². The van der Waals surface area contributed by atoms with Gasteiger partial charge in [-0.15, -0.1) is 0 Å². The van der Waals surface area contributed by atoms with E-state index in [1.54, 1.807) is 7.11 Å². The number of hydrogen-bond donors (Lipinski definition) is 2. The number of fused-ring (bicyclic) bond motifs is 1. The molecule has 0 saturated heterocycles. The minimum Gasteiger partial charge on any atom is -0.496 e. The van der Waals surface area contributed by atoms with Gasteiger partial charge in [0.05, 0.1) is 12.6 Å². The summed E-state index contributed by atoms with van der Waals surface area (Å²) >= 11 is 3.44. The molecule has 0 bridgehead atoms. The van der Waals surface area contributed by atoms with Crippen molar-refractivity contribution in [2.45, 2.75) is 6.54 Å². The molecule has 4 aromatic rings. The molecule has 1 amide bonds. The first-order chi connectivity index (χ1) is 14.6. The third kappa shape index (κ3) is 4.41. The Kier molecular flexibility index (Phi) is 5.90. The fourth-order valence-electron chi connectivity index (χ4n) is 3.07. The van der Waals surface area contributed by atoms with Gasteiger partial charge in [-0.25, -0.2) is 9.97 Å². The van der Waals surface area contributed by atoms with Crippen LogP contribution >= 0.6 is 15.9 Å². The summed E-state index contributed by atoms with van der Waals surface area (Å²) in [6.07, 6.45) is 0. The van der Waals surface area contributed by atoms with Gasteiger partial charge >= 0.3 is 0 Å². The minimum absolute atomic E-state index is 0.0982. The average Bonchev–Trinajstić information content (AvgIpc) is 2.78. The van der Waals surface area contributed by atoms with E-state index < -0.39 is 0 Å². The van der Waals surface area contributed by atoms with Gasteiger partial charge in [-0.3, -0.25) is 4.79 Å². The van der Waals surface area contributed by atoms with E-state index in [1.807, 2.05) is 72.8 Å². The lowest BCUT2D eigenvalue weighted by molar-refractivity contribution is 0.0940. The van der Waals surface area contributed by atoms with E-state index >= 15 is 0 Å². The zero-order valence-electron chi connectivity index (χ0n) is 16.2. The van der Waals surface area contributed by atoms with Crippen LogP contribution in [0.25, 0.3) is 10.9 Å². The van der Waals surface area contributed by atoms with Crippen molar-refractivity contribution >= 4 is 44.2 Å². The summed E-state index contributed by atoms with van der Waals surface area (Å²) < 4.78 is 6.27. The van der Waals surface area contributed by atoms with E-state index in [0.717, 1.165) is 21.1 Å². The number of anilines is 2. The number of nitrogens with zero attached hydrogens (tertiary/aromatic N) is 2. The van der Waals surface area contributed by atoms with Crippen molar-refractivity contribution in [2.75, 3.05) is 12.4 Å². The third-order valence-electron chi connectivity index (χ3n) is 4.52. The smallest absolute Gasteiger partial charge is 0.289 e. The number of amides is 1. The van der Waals surface area contributed by atoms with E-state index in [-0.39, 0.29) is 11.7 Å². The molecule has 2 N–H and O–H groups in total. The standard InChI is InChI=1S/C23H19BrN4O2/c1-30-20-12-11-16(24)13-15(20)14-25-23(29)22-27-19-10-6-5-9-18(19)21(28-22)26-17-7-3-2-4-8-17/h2-13H,14H2,1H3,(H,25,29)(H,26,27,28). The molecule has 0 spiro atoms. The van der Waals surface area contributed by atoms with Gasteiger partial charge < -0.3 is 15.4 Å². The molecule has 6 nitrogen and oxygen atoms in total. The van der Waals surface area contributed by atoms with Crippen LogP contribution in [0, 0.1) is 0 Å². The van der Waals surface area contributed by atoms with Gasteiger partial charge in [0.1, 0.15) is 11.6 Å². The number of aromatic nitrogens is 2. The molecule has 1 aromatic heterocycles. The molecule has 0 aliphatic heterocycles. The fourth-order valence-corrected chi connectivity index (χ4v) is 3.48. The Balaban J connectivity index is 1.62. The van der Waals surface area contributed by atoms with Crippen molar-refractivity contribution in [1.82, 2.24) is 15.3 Å². The first-order valence-corrected chi connectivity index (χ1v) is 10.1. The third-order valence-corrected chi connectivity index (χ3v) is 5.02. The van der Waals surface area contributed by atoms with Crippen LogP contribution in [0.1, 0.15) is 16.2 Å². The zero-order chi connectivity index (χ0) is 20.9. The van der Waals surface area contributed by atoms with Crippen molar-refractivity contribution < 1.29 is 9.53 Å². The molecular weight excluding hydrogens is 444 g/mol. The highest BCUT2D eigenvalue weighted by Crippen LogP contribution is 2.25. The van der Waals surface area contributed by atoms with Crippen molar-refractivity contribution in [2.24, 2.45) is 0 Å². The Morgan fingerprint density at radius 1 is 1.00 bits per heavy atom. The molecule has 0 radical (unpaired) electrons. The molecule has 30 heavy (non-hydrogen) atoms. The minimum atomic E-state index is -0.362. The number of para-hydroxylation sites is 2. The van der Waals surface area contributed by atoms with Crippen LogP contribution in [0.2, 0.25) is 0 Å². The Morgan fingerprint density at radius 2 is 1.77 bits per heavy atom. The zero-order valence-corrected chi connectivity index (χ0v) is 17.8. The highest BCUT2D eigenvalue weighted by molar-refractivity contribution is 9.10. The maximum Gasteiger partial charge on any atom is 0.289 e. The number of hydrogen-bond acceptors (Lipinski definition) is 5. The molecule has 150 valence electrons. The average molecular weight is 463 g/mol. The first kappa shape index (κ1) is 19.8. The molecule has 0 saturated carbocycles. The van der Waals surface area contributed by atoms with Crippen LogP contribution in [0.3, 0.4) is 0 Å². The second-order valence-electron chi connectivity index (χ2n) is 6.54. The van der Waals surface area contributed by atoms with E-state index in [4.69, 9.17) is 4.74 Å². The van der Waals surface area contributed by atoms with Crippen molar-refractivity contribution in [3.8, 4) is 5.75 Å². The highest BCUT2D eigenvalue weighted by atomic mass is 79.9. The molecular formula is C23H19BrN4O2. The van der Waals surface area contributed by atoms with Gasteiger partial charge in [0, 0.05) is 27.7 Å². The molecule has 7 heteroatoms. The summed E-state index contributed by atoms with van der Waals surface area (Å²) in [6.45, 7) is 0.291. The predicted molar refractivity (Wildman–Crippen MR) is 121 cm³/mol. The number of halogens is 1. The van der Waals surface area contributed by atoms with Gasteiger partial charge in [0.2, 0.25) is 5.82 Å². The van der Waals surface area contributed by atoms with Crippen LogP contribution in [0.5, 0.6) is 5.75 Å². The molecule has 0 aliphatic carbocycles. The Hall–Kier alpha value is -3.45. The van der Waals surface area contributed by atoms with Gasteiger partial charge in [0.15, 0.2) is 0 Å². The molecule has 0 unspecified atom stereocenters. The predicted octanol–water partition coefficient (Wildman–Crippen LogP) is 5.07. The maximum atomic E-state index is 12.8. The lowest BCUT2D eigenvalue weighted by atomic mass is 10.2. The van der Waals surface area contributed by atoms with Gasteiger partial charge in [-0.1, -0.05) is 46.3 Å². The monoisotopic (exact) mass is 462 g/mol.